The third kappa shape index (κ3) is 5.83. The highest BCUT2D eigenvalue weighted by Gasteiger charge is 2.15. The first-order valence-electron chi connectivity index (χ1n) is 11.1. The molecule has 0 aliphatic carbocycles. The summed E-state index contributed by atoms with van der Waals surface area (Å²) in [7, 11) is 3.03. The molecule has 1 heterocycles. The normalized spacial score (nSPS) is 10.8. The number of fused-ring (bicyclic) bond motifs is 1. The van der Waals surface area contributed by atoms with Crippen LogP contribution in [0.4, 0.5) is 8.78 Å². The Morgan fingerprint density at radius 1 is 0.750 bits per heavy atom. The number of ketones is 2. The first-order valence-corrected chi connectivity index (χ1v) is 11.1. The van der Waals surface area contributed by atoms with Crippen molar-refractivity contribution in [3.05, 3.63) is 89.6 Å². The van der Waals surface area contributed by atoms with Crippen LogP contribution in [0.2, 0.25) is 0 Å². The molecule has 0 atom stereocenters. The van der Waals surface area contributed by atoms with Crippen molar-refractivity contribution in [2.24, 2.45) is 0 Å². The molecule has 6 nitrogen and oxygen atoms in total. The number of benzene rings is 3. The summed E-state index contributed by atoms with van der Waals surface area (Å²) in [5, 5.41) is 0.605. The molecular formula is C28H23F2NO5. The van der Waals surface area contributed by atoms with E-state index in [0.717, 1.165) is 0 Å². The average molecular weight is 491 g/mol. The van der Waals surface area contributed by atoms with E-state index in [1.54, 1.807) is 24.3 Å². The first-order chi connectivity index (χ1) is 17.4. The number of nitrogens with zero attached hydrogens (tertiary/aromatic N) is 1. The summed E-state index contributed by atoms with van der Waals surface area (Å²) in [5.41, 5.74) is 1.63. The van der Waals surface area contributed by atoms with Crippen LogP contribution in [-0.4, -0.2) is 30.8 Å². The highest BCUT2D eigenvalue weighted by molar-refractivity contribution is 6.00. The minimum atomic E-state index is -0.650. The molecule has 0 aliphatic heterocycles. The van der Waals surface area contributed by atoms with Crippen LogP contribution in [0.15, 0.2) is 66.9 Å². The molecule has 0 N–H and O–H groups in total. The van der Waals surface area contributed by atoms with E-state index in [9.17, 15) is 18.4 Å². The van der Waals surface area contributed by atoms with Crippen LogP contribution in [-0.2, 0) is 22.4 Å². The Morgan fingerprint density at radius 3 is 2.06 bits per heavy atom. The standard InChI is InChI=1S/C28H23F2NO5/c1-34-27-15-22-24(16-28(27)35-2)31-10-9-25(22)36-26-8-5-18(13-23(26)30)12-21(33)14-20(32)11-17-3-6-19(29)7-4-17/h3-10,13,15-16H,11-12,14H2,1-2H3. The topological polar surface area (TPSA) is 74.7 Å². The third-order valence-electron chi connectivity index (χ3n) is 5.53. The highest BCUT2D eigenvalue weighted by Crippen LogP contribution is 2.37. The zero-order chi connectivity index (χ0) is 25.7. The average Bonchev–Trinajstić information content (AvgIpc) is 2.86. The number of carbonyl (C=O) groups is 2. The van der Waals surface area contributed by atoms with Gasteiger partial charge in [-0.2, -0.15) is 0 Å². The largest absolute Gasteiger partial charge is 0.493 e. The quantitative estimate of drug-likeness (QED) is 0.268. The van der Waals surface area contributed by atoms with Gasteiger partial charge in [-0.25, -0.2) is 8.78 Å². The fraction of sp³-hybridized carbons (Fsp3) is 0.179. The molecule has 0 bridgehead atoms. The van der Waals surface area contributed by atoms with E-state index < -0.39 is 11.6 Å². The van der Waals surface area contributed by atoms with Crippen LogP contribution in [0.5, 0.6) is 23.0 Å². The van der Waals surface area contributed by atoms with Crippen LogP contribution in [0.3, 0.4) is 0 Å². The Labute approximate surface area is 206 Å². The number of ether oxygens (including phenoxy) is 3. The lowest BCUT2D eigenvalue weighted by molar-refractivity contribution is -0.126. The predicted octanol–water partition coefficient (Wildman–Crippen LogP) is 5.64. The van der Waals surface area contributed by atoms with E-state index >= 15 is 0 Å². The Balaban J connectivity index is 1.44. The van der Waals surface area contributed by atoms with E-state index in [2.05, 4.69) is 4.98 Å². The SMILES string of the molecule is COc1cc2nccc(Oc3ccc(CC(=O)CC(=O)Cc4ccc(F)cc4)cc3F)c2cc1OC. The summed E-state index contributed by atoms with van der Waals surface area (Å²) < 4.78 is 44.3. The monoisotopic (exact) mass is 491 g/mol. The molecule has 0 spiro atoms. The number of aromatic nitrogens is 1. The summed E-state index contributed by atoms with van der Waals surface area (Å²) in [6.07, 6.45) is 1.19. The summed E-state index contributed by atoms with van der Waals surface area (Å²) in [5.74, 6) is -0.342. The van der Waals surface area contributed by atoms with Crippen LogP contribution < -0.4 is 14.2 Å². The van der Waals surface area contributed by atoms with Crippen molar-refractivity contribution in [2.45, 2.75) is 19.3 Å². The number of carbonyl (C=O) groups excluding carboxylic acids is 2. The molecule has 3 aromatic carbocycles. The number of methoxy groups -OCH3 is 2. The molecule has 0 radical (unpaired) electrons. The summed E-state index contributed by atoms with van der Waals surface area (Å²) in [4.78, 5) is 28.8. The lowest BCUT2D eigenvalue weighted by Gasteiger charge is -2.13. The van der Waals surface area contributed by atoms with Gasteiger partial charge in [-0.3, -0.25) is 14.6 Å². The molecule has 8 heteroatoms. The zero-order valence-corrected chi connectivity index (χ0v) is 19.7. The van der Waals surface area contributed by atoms with E-state index in [-0.39, 0.29) is 36.6 Å². The van der Waals surface area contributed by atoms with E-state index in [1.807, 2.05) is 0 Å². The number of rotatable bonds is 10. The Hall–Kier alpha value is -4.33. The van der Waals surface area contributed by atoms with Crippen LogP contribution >= 0.6 is 0 Å². The van der Waals surface area contributed by atoms with Gasteiger partial charge in [0, 0.05) is 30.5 Å². The minimum Gasteiger partial charge on any atom is -0.493 e. The molecule has 36 heavy (non-hydrogen) atoms. The van der Waals surface area contributed by atoms with Crippen LogP contribution in [0, 0.1) is 11.6 Å². The summed E-state index contributed by atoms with van der Waals surface area (Å²) >= 11 is 0. The smallest absolute Gasteiger partial charge is 0.166 e. The maximum atomic E-state index is 14.8. The minimum absolute atomic E-state index is 0.0270. The van der Waals surface area contributed by atoms with Gasteiger partial charge in [0.2, 0.25) is 0 Å². The van der Waals surface area contributed by atoms with Gasteiger partial charge in [0.15, 0.2) is 23.1 Å². The lowest BCUT2D eigenvalue weighted by atomic mass is 10.0. The van der Waals surface area contributed by atoms with Crippen molar-refractivity contribution in [1.29, 1.82) is 0 Å². The third-order valence-corrected chi connectivity index (χ3v) is 5.53. The van der Waals surface area contributed by atoms with Gasteiger partial charge >= 0.3 is 0 Å². The molecule has 0 saturated heterocycles. The van der Waals surface area contributed by atoms with Gasteiger partial charge in [-0.05, 0) is 47.5 Å². The highest BCUT2D eigenvalue weighted by atomic mass is 19.1. The first kappa shape index (κ1) is 24.8. The number of hydrogen-bond acceptors (Lipinski definition) is 6. The maximum absolute atomic E-state index is 14.8. The van der Waals surface area contributed by atoms with Gasteiger partial charge in [0.25, 0.3) is 0 Å². The summed E-state index contributed by atoms with van der Waals surface area (Å²) in [6.45, 7) is 0. The fourth-order valence-corrected chi connectivity index (χ4v) is 3.79. The van der Waals surface area contributed by atoms with Gasteiger partial charge in [-0.15, -0.1) is 0 Å². The van der Waals surface area contributed by atoms with Gasteiger partial charge < -0.3 is 14.2 Å². The Kier molecular flexibility index (Phi) is 7.53. The number of hydrogen-bond donors (Lipinski definition) is 0. The van der Waals surface area contributed by atoms with Crippen molar-refractivity contribution in [2.75, 3.05) is 14.2 Å². The maximum Gasteiger partial charge on any atom is 0.166 e. The second-order valence-electron chi connectivity index (χ2n) is 8.13. The Bertz CT molecular complexity index is 1420. The number of pyridine rings is 1. The number of halogens is 2. The molecule has 4 aromatic rings. The second-order valence-corrected chi connectivity index (χ2v) is 8.13. The van der Waals surface area contributed by atoms with Gasteiger partial charge in [-0.1, -0.05) is 18.2 Å². The molecule has 0 amide bonds. The van der Waals surface area contributed by atoms with Crippen LogP contribution in [0.1, 0.15) is 17.5 Å². The van der Waals surface area contributed by atoms with E-state index in [0.29, 0.717) is 39.3 Å². The molecule has 4 rings (SSSR count). The number of Topliss-reactive ketones (excluding diaryl/α,β-unsaturated/α-hetero) is 2. The van der Waals surface area contributed by atoms with Gasteiger partial charge in [0.05, 0.1) is 26.2 Å². The molecule has 0 unspecified atom stereocenters. The van der Waals surface area contributed by atoms with Crippen LogP contribution in [0.25, 0.3) is 10.9 Å². The molecule has 0 aliphatic rings. The van der Waals surface area contributed by atoms with Crippen molar-refractivity contribution >= 4 is 22.5 Å². The van der Waals surface area contributed by atoms with Gasteiger partial charge in [0.1, 0.15) is 23.1 Å². The summed E-state index contributed by atoms with van der Waals surface area (Å²) in [6, 6.07) is 14.8. The molecule has 0 fully saturated rings. The van der Waals surface area contributed by atoms with E-state index in [4.69, 9.17) is 14.2 Å². The molecule has 1 aromatic heterocycles. The van der Waals surface area contributed by atoms with E-state index in [1.165, 1.54) is 56.8 Å². The molecule has 0 saturated carbocycles. The Morgan fingerprint density at radius 2 is 1.39 bits per heavy atom. The lowest BCUT2D eigenvalue weighted by Crippen LogP contribution is -2.12. The predicted molar refractivity (Wildman–Crippen MR) is 130 cm³/mol. The van der Waals surface area contributed by atoms with Crippen molar-refractivity contribution in [1.82, 2.24) is 4.98 Å². The van der Waals surface area contributed by atoms with Crippen molar-refractivity contribution < 1.29 is 32.6 Å². The molecule has 184 valence electrons. The fourth-order valence-electron chi connectivity index (χ4n) is 3.79. The second kappa shape index (κ2) is 10.9. The van der Waals surface area contributed by atoms with Crippen molar-refractivity contribution in [3.63, 3.8) is 0 Å². The molecular weight excluding hydrogens is 468 g/mol. The zero-order valence-electron chi connectivity index (χ0n) is 19.7. The van der Waals surface area contributed by atoms with Crippen molar-refractivity contribution in [3.8, 4) is 23.0 Å².